The Hall–Kier alpha value is -2.83. The minimum atomic E-state index is 0.185. The maximum Gasteiger partial charge on any atom is 0.157 e. The summed E-state index contributed by atoms with van der Waals surface area (Å²) in [7, 11) is 1.72. The van der Waals surface area contributed by atoms with Crippen LogP contribution in [0.25, 0.3) is 0 Å². The number of hydrogen-bond acceptors (Lipinski definition) is 10. The molecule has 0 aromatic heterocycles. The average molecular weight is 766 g/mol. The Morgan fingerprint density at radius 3 is 1.16 bits per heavy atom. The zero-order valence-electron chi connectivity index (χ0n) is 30.3. The smallest absolute Gasteiger partial charge is 0.157 e. The lowest BCUT2D eigenvalue weighted by molar-refractivity contribution is 0.144. The lowest BCUT2D eigenvalue weighted by atomic mass is 10.2. The van der Waals surface area contributed by atoms with Gasteiger partial charge < -0.3 is 39.7 Å². The van der Waals surface area contributed by atoms with Gasteiger partial charge in [0.2, 0.25) is 0 Å². The molecule has 282 valence electrons. The molecule has 3 fully saturated rings. The van der Waals surface area contributed by atoms with Crippen molar-refractivity contribution < 1.29 is 20.1 Å². The summed E-state index contributed by atoms with van der Waals surface area (Å²) >= 11 is 17.8. The molecule has 0 aliphatic carbocycles. The van der Waals surface area contributed by atoms with Crippen LogP contribution in [0.4, 0.5) is 17.1 Å². The van der Waals surface area contributed by atoms with Gasteiger partial charge in [0, 0.05) is 92.2 Å². The molecule has 3 heterocycles. The van der Waals surface area contributed by atoms with E-state index in [0.29, 0.717) is 15.1 Å². The van der Waals surface area contributed by atoms with Crippen molar-refractivity contribution in [3.05, 3.63) is 69.7 Å². The second-order valence-electron chi connectivity index (χ2n) is 12.9. The lowest BCUT2D eigenvalue weighted by Crippen LogP contribution is -2.47. The van der Waals surface area contributed by atoms with Crippen molar-refractivity contribution in [3.63, 3.8) is 0 Å². The highest BCUT2D eigenvalue weighted by Crippen LogP contribution is 2.36. The molecule has 0 unspecified atom stereocenters. The predicted molar refractivity (Wildman–Crippen MR) is 213 cm³/mol. The molecule has 51 heavy (non-hydrogen) atoms. The number of phenols is 3. The van der Waals surface area contributed by atoms with Crippen LogP contribution in [0.3, 0.4) is 0 Å². The van der Waals surface area contributed by atoms with E-state index in [1.165, 1.54) is 6.42 Å². The third-order valence-corrected chi connectivity index (χ3v) is 10.5. The number of hydrogen-bond donors (Lipinski definition) is 3. The Kier molecular flexibility index (Phi) is 16.9. The van der Waals surface area contributed by atoms with E-state index in [4.69, 9.17) is 39.5 Å². The van der Waals surface area contributed by atoms with Crippen LogP contribution in [0.15, 0.2) is 54.6 Å². The van der Waals surface area contributed by atoms with Crippen LogP contribution in [0.5, 0.6) is 17.2 Å². The SMILES string of the molecule is CCCN1CCN(c2cccc(Cl)c2O)CC1.CCN1CCN(c2cccc(Cl)c2O)CC1.COCCN1CCN(c2cccc(Cl)c2O)CC1. The van der Waals surface area contributed by atoms with Gasteiger partial charge in [-0.25, -0.2) is 0 Å². The first kappa shape index (κ1) is 40.9. The topological polar surface area (TPSA) is 89.4 Å². The van der Waals surface area contributed by atoms with Crippen LogP contribution in [0.1, 0.15) is 20.3 Å². The Balaban J connectivity index is 0.000000172. The second-order valence-corrected chi connectivity index (χ2v) is 14.1. The summed E-state index contributed by atoms with van der Waals surface area (Å²) in [5.41, 5.74) is 2.53. The van der Waals surface area contributed by atoms with Crippen LogP contribution in [0, 0.1) is 0 Å². The average Bonchev–Trinajstić information content (AvgIpc) is 3.15. The first-order valence-corrected chi connectivity index (χ1v) is 19.1. The van der Waals surface area contributed by atoms with Crippen molar-refractivity contribution in [2.24, 2.45) is 0 Å². The second kappa shape index (κ2) is 21.0. The van der Waals surface area contributed by atoms with Crippen molar-refractivity contribution in [2.45, 2.75) is 20.3 Å². The number of anilines is 3. The Bertz CT molecular complexity index is 1480. The van der Waals surface area contributed by atoms with E-state index >= 15 is 0 Å². The molecule has 3 aliphatic heterocycles. The highest BCUT2D eigenvalue weighted by atomic mass is 35.5. The van der Waals surface area contributed by atoms with Gasteiger partial charge in [0.1, 0.15) is 0 Å². The maximum absolute atomic E-state index is 9.95. The molecule has 13 heteroatoms. The number of methoxy groups -OCH3 is 1. The third kappa shape index (κ3) is 11.8. The quantitative estimate of drug-likeness (QED) is 0.222. The van der Waals surface area contributed by atoms with E-state index in [2.05, 4.69) is 43.2 Å². The fraction of sp³-hybridized carbons (Fsp3) is 0.526. The van der Waals surface area contributed by atoms with Crippen LogP contribution in [-0.4, -0.2) is 142 Å². The molecule has 3 aromatic rings. The van der Waals surface area contributed by atoms with E-state index in [1.807, 2.05) is 36.4 Å². The molecule has 6 rings (SSSR count). The maximum atomic E-state index is 9.95. The summed E-state index contributed by atoms with van der Waals surface area (Å²) in [5.74, 6) is 0.594. The number of halogens is 3. The molecule has 0 atom stereocenters. The summed E-state index contributed by atoms with van der Waals surface area (Å²) in [6, 6.07) is 16.5. The number of para-hydroxylation sites is 3. The van der Waals surface area contributed by atoms with Gasteiger partial charge >= 0.3 is 0 Å². The minimum Gasteiger partial charge on any atom is -0.504 e. The molecule has 3 saturated heterocycles. The molecule has 0 amide bonds. The Morgan fingerprint density at radius 1 is 0.510 bits per heavy atom. The summed E-state index contributed by atoms with van der Waals surface area (Å²) in [6.45, 7) is 20.1. The van der Waals surface area contributed by atoms with E-state index in [0.717, 1.165) is 122 Å². The molecular weight excluding hydrogens is 711 g/mol. The highest BCUT2D eigenvalue weighted by molar-refractivity contribution is 6.33. The predicted octanol–water partition coefficient (Wildman–Crippen LogP) is 6.58. The standard InChI is InChI=1S/C13H19ClN2O2.C13H19ClN2O.C12H17ClN2O/c1-18-10-9-15-5-7-16(8-6-15)12-4-2-3-11(14)13(12)17;1-2-6-15-7-9-16(10-8-15)12-5-3-4-11(14)13(12)17;1-2-14-6-8-15(9-7-14)11-5-3-4-10(13)12(11)16/h2-4,17H,5-10H2,1H3;3-5,17H,2,6-10H2,1H3;3-5,16H,2,6-9H2,1H3. The van der Waals surface area contributed by atoms with E-state index in [1.54, 1.807) is 25.3 Å². The summed E-state index contributed by atoms with van der Waals surface area (Å²) in [5, 5.41) is 31.0. The molecule has 0 bridgehead atoms. The van der Waals surface area contributed by atoms with Crippen molar-refractivity contribution >= 4 is 51.9 Å². The zero-order chi connectivity index (χ0) is 36.8. The number of likely N-dealkylation sites (N-methyl/N-ethyl adjacent to an activating group) is 1. The zero-order valence-corrected chi connectivity index (χ0v) is 32.6. The highest BCUT2D eigenvalue weighted by Gasteiger charge is 2.22. The molecule has 0 spiro atoms. The first-order valence-electron chi connectivity index (χ1n) is 18.0. The number of nitrogens with zero attached hydrogens (tertiary/aromatic N) is 6. The van der Waals surface area contributed by atoms with Gasteiger partial charge in [-0.1, -0.05) is 66.8 Å². The van der Waals surface area contributed by atoms with Gasteiger partial charge in [0.05, 0.1) is 38.7 Å². The van der Waals surface area contributed by atoms with E-state index < -0.39 is 0 Å². The third-order valence-electron chi connectivity index (χ3n) is 9.63. The van der Waals surface area contributed by atoms with Crippen molar-refractivity contribution in [1.82, 2.24) is 14.7 Å². The molecule has 0 radical (unpaired) electrons. The van der Waals surface area contributed by atoms with E-state index in [9.17, 15) is 15.3 Å². The number of phenolic OH excluding ortho intramolecular Hbond substituents is 3. The van der Waals surface area contributed by atoms with Gasteiger partial charge in [0.25, 0.3) is 0 Å². The van der Waals surface area contributed by atoms with Crippen LogP contribution >= 0.6 is 34.8 Å². The van der Waals surface area contributed by atoms with Crippen LogP contribution in [0.2, 0.25) is 15.1 Å². The minimum absolute atomic E-state index is 0.185. The Morgan fingerprint density at radius 2 is 0.843 bits per heavy atom. The number of aromatic hydroxyl groups is 3. The fourth-order valence-electron chi connectivity index (χ4n) is 6.54. The molecule has 3 aromatic carbocycles. The van der Waals surface area contributed by atoms with Crippen LogP contribution in [-0.2, 0) is 4.74 Å². The van der Waals surface area contributed by atoms with Crippen molar-refractivity contribution in [3.8, 4) is 17.2 Å². The number of rotatable bonds is 9. The number of benzene rings is 3. The lowest BCUT2D eigenvalue weighted by Gasteiger charge is -2.36. The van der Waals surface area contributed by atoms with Gasteiger partial charge in [-0.3, -0.25) is 9.80 Å². The molecule has 10 nitrogen and oxygen atoms in total. The van der Waals surface area contributed by atoms with E-state index in [-0.39, 0.29) is 17.2 Å². The monoisotopic (exact) mass is 764 g/mol. The van der Waals surface area contributed by atoms with Gasteiger partial charge in [-0.05, 0) is 55.9 Å². The summed E-state index contributed by atoms with van der Waals surface area (Å²) in [6.07, 6.45) is 1.20. The normalized spacial score (nSPS) is 17.4. The summed E-state index contributed by atoms with van der Waals surface area (Å²) in [4.78, 5) is 13.8. The summed E-state index contributed by atoms with van der Waals surface area (Å²) < 4.78 is 5.08. The van der Waals surface area contributed by atoms with Gasteiger partial charge in [-0.2, -0.15) is 0 Å². The molecule has 3 N–H and O–H groups in total. The Labute approximate surface area is 319 Å². The molecule has 0 saturated carbocycles. The van der Waals surface area contributed by atoms with Gasteiger partial charge in [-0.15, -0.1) is 0 Å². The van der Waals surface area contributed by atoms with Crippen molar-refractivity contribution in [1.29, 1.82) is 0 Å². The molecular formula is C38H55Cl3N6O4. The van der Waals surface area contributed by atoms with Crippen molar-refractivity contribution in [2.75, 3.05) is 127 Å². The number of ether oxygens (including phenoxy) is 1. The molecule has 3 aliphatic rings. The number of piperazine rings is 3. The van der Waals surface area contributed by atoms with Gasteiger partial charge in [0.15, 0.2) is 17.2 Å². The fourth-order valence-corrected chi connectivity index (χ4v) is 7.05. The first-order chi connectivity index (χ1) is 24.7. The van der Waals surface area contributed by atoms with Crippen LogP contribution < -0.4 is 14.7 Å². The largest absolute Gasteiger partial charge is 0.504 e.